The highest BCUT2D eigenvalue weighted by atomic mass is 35.5. The fourth-order valence-electron chi connectivity index (χ4n) is 2.40. The molecule has 132 valence electrons. The molecule has 7 nitrogen and oxygen atoms in total. The van der Waals surface area contributed by atoms with Crippen LogP contribution in [-0.2, 0) is 9.09 Å². The number of benzene rings is 1. The number of pyridine rings is 1. The molecule has 0 aliphatic rings. The fourth-order valence-corrected chi connectivity index (χ4v) is 3.02. The predicted molar refractivity (Wildman–Crippen MR) is 99.3 cm³/mol. The van der Waals surface area contributed by atoms with Crippen molar-refractivity contribution in [2.75, 3.05) is 25.1 Å². The summed E-state index contributed by atoms with van der Waals surface area (Å²) in [5.41, 5.74) is 1.42. The molecule has 1 aromatic carbocycles. The molecule has 1 unspecified atom stereocenters. The quantitative estimate of drug-likeness (QED) is 0.637. The zero-order chi connectivity index (χ0) is 18.0. The smallest absolute Gasteiger partial charge is 0.316 e. The Morgan fingerprint density at radius 1 is 1.40 bits per heavy atom. The van der Waals surface area contributed by atoms with E-state index in [2.05, 4.69) is 9.97 Å². The van der Waals surface area contributed by atoms with E-state index in [4.69, 9.17) is 32.6 Å². The van der Waals surface area contributed by atoms with Crippen molar-refractivity contribution in [1.29, 1.82) is 0 Å². The molecule has 0 spiro atoms. The number of hydrogen-bond donors (Lipinski definition) is 1. The van der Waals surface area contributed by atoms with Crippen molar-refractivity contribution in [3.05, 3.63) is 47.0 Å². The van der Waals surface area contributed by atoms with Crippen molar-refractivity contribution >= 4 is 48.2 Å². The number of aromatic nitrogens is 3. The van der Waals surface area contributed by atoms with Gasteiger partial charge in [-0.2, -0.15) is 0 Å². The van der Waals surface area contributed by atoms with E-state index in [0.717, 1.165) is 11.1 Å². The van der Waals surface area contributed by atoms with Gasteiger partial charge in [0.1, 0.15) is 5.82 Å². The monoisotopic (exact) mass is 400 g/mol. The number of fused-ring (bicyclic) bond motifs is 1. The molecule has 0 bridgehead atoms. The predicted octanol–water partition coefficient (Wildman–Crippen LogP) is 3.56. The van der Waals surface area contributed by atoms with Gasteiger partial charge in [-0.1, -0.05) is 23.2 Å². The summed E-state index contributed by atoms with van der Waals surface area (Å²) >= 11 is 12.5. The molecular weight excluding hydrogens is 386 g/mol. The maximum absolute atomic E-state index is 10.7. The van der Waals surface area contributed by atoms with Crippen LogP contribution in [-0.4, -0.2) is 39.6 Å². The lowest BCUT2D eigenvalue weighted by atomic mass is 10.1. The van der Waals surface area contributed by atoms with E-state index in [1.165, 1.54) is 0 Å². The van der Waals surface area contributed by atoms with E-state index in [1.54, 1.807) is 18.6 Å². The second-order valence-corrected chi connectivity index (χ2v) is 6.87. The number of nitrogens with zero attached hydrogens (tertiary/aromatic N) is 4. The van der Waals surface area contributed by atoms with Gasteiger partial charge in [-0.3, -0.25) is 4.57 Å². The Kier molecular flexibility index (Phi) is 5.61. The van der Waals surface area contributed by atoms with E-state index in [9.17, 15) is 4.57 Å². The van der Waals surface area contributed by atoms with E-state index in [0.29, 0.717) is 27.9 Å². The Morgan fingerprint density at radius 2 is 2.20 bits per heavy atom. The van der Waals surface area contributed by atoms with Gasteiger partial charge in [0.05, 0.1) is 34.2 Å². The SMILES string of the molecule is CN(CCO[PH](=O)O)c1cc(-n2ccnc2)c2ccc(Cl)c(Cl)c2n1. The van der Waals surface area contributed by atoms with Crippen molar-refractivity contribution in [1.82, 2.24) is 14.5 Å². The van der Waals surface area contributed by atoms with Gasteiger partial charge in [-0.15, -0.1) is 0 Å². The van der Waals surface area contributed by atoms with Crippen LogP contribution in [0.2, 0.25) is 10.0 Å². The van der Waals surface area contributed by atoms with Crippen LogP contribution >= 0.6 is 31.5 Å². The van der Waals surface area contributed by atoms with Gasteiger partial charge < -0.3 is 18.9 Å². The molecule has 0 saturated heterocycles. The van der Waals surface area contributed by atoms with Crippen LogP contribution in [0.25, 0.3) is 16.6 Å². The molecule has 2 aromatic heterocycles. The average molecular weight is 401 g/mol. The van der Waals surface area contributed by atoms with Crippen LogP contribution in [0.15, 0.2) is 36.9 Å². The zero-order valence-electron chi connectivity index (χ0n) is 13.2. The highest BCUT2D eigenvalue weighted by molar-refractivity contribution is 7.32. The molecule has 0 aliphatic carbocycles. The van der Waals surface area contributed by atoms with Crippen molar-refractivity contribution in [3.8, 4) is 5.69 Å². The lowest BCUT2D eigenvalue weighted by molar-refractivity contribution is 0.288. The van der Waals surface area contributed by atoms with E-state index >= 15 is 0 Å². The summed E-state index contributed by atoms with van der Waals surface area (Å²) in [4.78, 5) is 19.2. The standard InChI is InChI=1S/C15H15Cl2N4O3P/c1-20(6-7-24-25(22)23)13-8-12(21-5-4-18-9-21)10-2-3-11(16)14(17)15(10)19-13/h2-5,8-9,25H,6-7H2,1H3,(H,22,23). The molecule has 3 rings (SSSR count). The molecule has 25 heavy (non-hydrogen) atoms. The third-order valence-electron chi connectivity index (χ3n) is 3.66. The minimum absolute atomic E-state index is 0.105. The zero-order valence-corrected chi connectivity index (χ0v) is 15.7. The van der Waals surface area contributed by atoms with Crippen molar-refractivity contribution < 1.29 is 14.0 Å². The number of likely N-dealkylation sites (N-methyl/N-ethyl adjacent to an activating group) is 1. The highest BCUT2D eigenvalue weighted by Crippen LogP contribution is 2.34. The molecule has 3 aromatic rings. The van der Waals surface area contributed by atoms with Crippen LogP contribution < -0.4 is 4.90 Å². The normalized spacial score (nSPS) is 12.5. The number of imidazole rings is 1. The van der Waals surface area contributed by atoms with Gasteiger partial charge in [0.2, 0.25) is 0 Å². The second kappa shape index (κ2) is 7.72. The summed E-state index contributed by atoms with van der Waals surface area (Å²) in [6.45, 7) is 0.491. The van der Waals surface area contributed by atoms with Gasteiger partial charge >= 0.3 is 8.25 Å². The lowest BCUT2D eigenvalue weighted by Gasteiger charge is -2.20. The molecule has 10 heteroatoms. The summed E-state index contributed by atoms with van der Waals surface area (Å²) in [5, 5.41) is 1.62. The molecule has 0 fully saturated rings. The third-order valence-corrected chi connectivity index (χ3v) is 4.91. The number of anilines is 1. The van der Waals surface area contributed by atoms with Gasteiger partial charge in [-0.05, 0) is 12.1 Å². The molecule has 1 N–H and O–H groups in total. The van der Waals surface area contributed by atoms with Crippen molar-refractivity contribution in [3.63, 3.8) is 0 Å². The molecule has 0 saturated carbocycles. The van der Waals surface area contributed by atoms with Crippen molar-refractivity contribution in [2.45, 2.75) is 0 Å². The third kappa shape index (κ3) is 3.97. The van der Waals surface area contributed by atoms with Crippen LogP contribution in [0.3, 0.4) is 0 Å². The first-order chi connectivity index (χ1) is 12.0. The minimum Gasteiger partial charge on any atom is -0.357 e. The summed E-state index contributed by atoms with van der Waals surface area (Å²) in [7, 11) is -1.14. The second-order valence-electron chi connectivity index (χ2n) is 5.26. The minimum atomic E-state index is -2.95. The first kappa shape index (κ1) is 18.2. The molecule has 0 amide bonds. The molecular formula is C15H15Cl2N4O3P. The molecule has 2 heterocycles. The lowest BCUT2D eigenvalue weighted by Crippen LogP contribution is -2.23. The largest absolute Gasteiger partial charge is 0.357 e. The Bertz CT molecular complexity index is 921. The maximum atomic E-state index is 10.7. The summed E-state index contributed by atoms with van der Waals surface area (Å²) in [6, 6.07) is 5.47. The van der Waals surface area contributed by atoms with Crippen LogP contribution in [0, 0.1) is 0 Å². The van der Waals surface area contributed by atoms with Crippen molar-refractivity contribution in [2.24, 2.45) is 0 Å². The van der Waals surface area contributed by atoms with E-state index < -0.39 is 8.25 Å². The van der Waals surface area contributed by atoms with Gasteiger partial charge in [0, 0.05) is 37.4 Å². The first-order valence-corrected chi connectivity index (χ1v) is 9.33. The topological polar surface area (TPSA) is 80.5 Å². The Labute approximate surface area is 154 Å². The van der Waals surface area contributed by atoms with Crippen LogP contribution in [0.5, 0.6) is 0 Å². The Balaban J connectivity index is 2.07. The van der Waals surface area contributed by atoms with E-state index in [1.807, 2.05) is 34.8 Å². The van der Waals surface area contributed by atoms with Gasteiger partial charge in [0.25, 0.3) is 0 Å². The highest BCUT2D eigenvalue weighted by Gasteiger charge is 2.14. The maximum Gasteiger partial charge on any atom is 0.316 e. The van der Waals surface area contributed by atoms with Crippen LogP contribution in [0.1, 0.15) is 0 Å². The molecule has 0 radical (unpaired) electrons. The molecule has 0 aliphatic heterocycles. The van der Waals surface area contributed by atoms with Crippen LogP contribution in [0.4, 0.5) is 5.82 Å². The van der Waals surface area contributed by atoms with Gasteiger partial charge in [-0.25, -0.2) is 9.97 Å². The summed E-state index contributed by atoms with van der Waals surface area (Å²) < 4.78 is 17.3. The number of hydrogen-bond acceptors (Lipinski definition) is 5. The first-order valence-electron chi connectivity index (χ1n) is 7.31. The summed E-state index contributed by atoms with van der Waals surface area (Å²) in [6.07, 6.45) is 5.18. The Hall–Kier alpha value is -1.63. The Morgan fingerprint density at radius 3 is 2.88 bits per heavy atom. The number of rotatable bonds is 6. The molecule has 1 atom stereocenters. The van der Waals surface area contributed by atoms with E-state index in [-0.39, 0.29) is 6.61 Å². The average Bonchev–Trinajstić information content (AvgIpc) is 3.11. The fraction of sp³-hybridized carbons (Fsp3) is 0.200. The number of halogens is 2. The van der Waals surface area contributed by atoms with Gasteiger partial charge in [0.15, 0.2) is 0 Å². The summed E-state index contributed by atoms with van der Waals surface area (Å²) in [5.74, 6) is 0.626.